The van der Waals surface area contributed by atoms with Crippen molar-refractivity contribution in [2.24, 2.45) is 0 Å². The lowest BCUT2D eigenvalue weighted by atomic mass is 10.2. The number of halogens is 6. The normalized spacial score (nSPS) is 13.0. The summed E-state index contributed by atoms with van der Waals surface area (Å²) in [6.07, 6.45) is -4.87. The summed E-state index contributed by atoms with van der Waals surface area (Å²) in [5.74, 6) is -4.97. The first-order valence-corrected chi connectivity index (χ1v) is 3.69. The first-order valence-electron chi connectivity index (χ1n) is 3.32. The molecule has 0 atom stereocenters. The number of hydrogen-bond acceptors (Lipinski definition) is 1. The molecule has 1 heterocycles. The van der Waals surface area contributed by atoms with E-state index in [1.54, 1.807) is 0 Å². The molecule has 14 heavy (non-hydrogen) atoms. The van der Waals surface area contributed by atoms with E-state index in [1.165, 1.54) is 0 Å². The smallest absolute Gasteiger partial charge is 0.254 e. The fourth-order valence-electron chi connectivity index (χ4n) is 0.722. The zero-order valence-electron chi connectivity index (χ0n) is 6.45. The molecule has 0 bridgehead atoms. The van der Waals surface area contributed by atoms with Crippen molar-refractivity contribution in [3.05, 3.63) is 29.0 Å². The molecule has 1 aromatic heterocycles. The van der Waals surface area contributed by atoms with Gasteiger partial charge >= 0.3 is 12.1 Å². The van der Waals surface area contributed by atoms with Crippen LogP contribution in [0, 0.1) is 0 Å². The van der Waals surface area contributed by atoms with Crippen LogP contribution in [0.5, 0.6) is 0 Å². The van der Waals surface area contributed by atoms with Crippen LogP contribution in [0.25, 0.3) is 0 Å². The van der Waals surface area contributed by atoms with Crippen molar-refractivity contribution in [3.8, 4) is 0 Å². The Morgan fingerprint density at radius 1 is 1.14 bits per heavy atom. The third-order valence-corrected chi connectivity index (χ3v) is 1.63. The molecule has 0 aliphatic heterocycles. The predicted molar refractivity (Wildman–Crippen MR) is 39.2 cm³/mol. The van der Waals surface area contributed by atoms with Crippen molar-refractivity contribution in [1.82, 2.24) is 4.98 Å². The van der Waals surface area contributed by atoms with Gasteiger partial charge in [-0.05, 0) is 12.1 Å². The number of pyridine rings is 1. The molecule has 0 aliphatic carbocycles. The molecule has 0 saturated carbocycles. The SMILES string of the molecule is FC(F)(F)C(F)(F)c1cc(Cl)ccn1. The Hall–Kier alpha value is -0.910. The van der Waals surface area contributed by atoms with E-state index in [4.69, 9.17) is 11.6 Å². The number of rotatable bonds is 1. The van der Waals surface area contributed by atoms with Crippen LogP contribution in [-0.2, 0) is 5.92 Å². The zero-order chi connectivity index (χ0) is 11.0. The minimum atomic E-state index is -5.66. The summed E-state index contributed by atoms with van der Waals surface area (Å²) in [4.78, 5) is 2.92. The summed E-state index contributed by atoms with van der Waals surface area (Å²) >= 11 is 5.26. The van der Waals surface area contributed by atoms with Gasteiger partial charge < -0.3 is 0 Å². The van der Waals surface area contributed by atoms with Gasteiger partial charge in [0.25, 0.3) is 0 Å². The van der Waals surface area contributed by atoms with Crippen LogP contribution >= 0.6 is 11.6 Å². The van der Waals surface area contributed by atoms with Crippen molar-refractivity contribution in [2.45, 2.75) is 12.1 Å². The molecule has 0 radical (unpaired) electrons. The van der Waals surface area contributed by atoms with Crippen molar-refractivity contribution in [1.29, 1.82) is 0 Å². The number of nitrogens with zero attached hydrogens (tertiary/aromatic N) is 1. The van der Waals surface area contributed by atoms with E-state index < -0.39 is 17.8 Å². The molecule has 7 heteroatoms. The zero-order valence-corrected chi connectivity index (χ0v) is 7.20. The van der Waals surface area contributed by atoms with Crippen molar-refractivity contribution in [2.75, 3.05) is 0 Å². The van der Waals surface area contributed by atoms with Crippen LogP contribution < -0.4 is 0 Å². The summed E-state index contributed by atoms with van der Waals surface area (Å²) < 4.78 is 60.6. The molecular weight excluding hydrogens is 229 g/mol. The molecule has 0 saturated heterocycles. The predicted octanol–water partition coefficient (Wildman–Crippen LogP) is 3.39. The van der Waals surface area contributed by atoms with Gasteiger partial charge in [0.15, 0.2) is 0 Å². The molecule has 0 amide bonds. The number of aromatic nitrogens is 1. The Labute approximate surface area is 80.5 Å². The lowest BCUT2D eigenvalue weighted by Gasteiger charge is -2.18. The monoisotopic (exact) mass is 231 g/mol. The summed E-state index contributed by atoms with van der Waals surface area (Å²) in [5.41, 5.74) is -1.41. The maximum atomic E-state index is 12.6. The third kappa shape index (κ3) is 1.95. The second-order valence-corrected chi connectivity index (χ2v) is 2.87. The van der Waals surface area contributed by atoms with Gasteiger partial charge in [0.1, 0.15) is 5.69 Å². The molecule has 0 unspecified atom stereocenters. The lowest BCUT2D eigenvalue weighted by Crippen LogP contribution is -2.34. The molecule has 0 aliphatic rings. The molecule has 1 nitrogen and oxygen atoms in total. The van der Waals surface area contributed by atoms with Gasteiger partial charge in [0.2, 0.25) is 0 Å². The highest BCUT2D eigenvalue weighted by molar-refractivity contribution is 6.30. The average Bonchev–Trinajstić information content (AvgIpc) is 2.02. The highest BCUT2D eigenvalue weighted by Crippen LogP contribution is 2.43. The van der Waals surface area contributed by atoms with Crippen molar-refractivity contribution in [3.63, 3.8) is 0 Å². The molecule has 78 valence electrons. The molecule has 0 spiro atoms. The van der Waals surface area contributed by atoms with Gasteiger partial charge in [-0.25, -0.2) is 0 Å². The third-order valence-electron chi connectivity index (χ3n) is 1.40. The van der Waals surface area contributed by atoms with E-state index in [1.807, 2.05) is 0 Å². The number of hydrogen-bond donors (Lipinski definition) is 0. The van der Waals surface area contributed by atoms with Gasteiger partial charge in [-0.3, -0.25) is 4.98 Å². The van der Waals surface area contributed by atoms with Gasteiger partial charge in [-0.2, -0.15) is 22.0 Å². The summed E-state index contributed by atoms with van der Waals surface area (Å²) in [6, 6.07) is 1.59. The van der Waals surface area contributed by atoms with E-state index in [0.29, 0.717) is 6.07 Å². The van der Waals surface area contributed by atoms with E-state index in [2.05, 4.69) is 4.98 Å². The maximum absolute atomic E-state index is 12.6. The van der Waals surface area contributed by atoms with Crippen LogP contribution in [0.3, 0.4) is 0 Å². The quantitative estimate of drug-likeness (QED) is 0.675. The average molecular weight is 232 g/mol. The van der Waals surface area contributed by atoms with Gasteiger partial charge in [-0.1, -0.05) is 11.6 Å². The minimum Gasteiger partial charge on any atom is -0.254 e. The first-order chi connectivity index (χ1) is 6.25. The fraction of sp³-hybridized carbons (Fsp3) is 0.286. The lowest BCUT2D eigenvalue weighted by molar-refractivity contribution is -0.290. The largest absolute Gasteiger partial charge is 0.459 e. The standard InChI is InChI=1S/C7H3ClF5N/c8-4-1-2-14-5(3-4)6(9,10)7(11,12)13/h1-3H. The van der Waals surface area contributed by atoms with E-state index >= 15 is 0 Å². The Balaban J connectivity index is 3.16. The molecule has 1 aromatic rings. The summed E-state index contributed by atoms with van der Waals surface area (Å²) in [6.45, 7) is 0. The highest BCUT2D eigenvalue weighted by atomic mass is 35.5. The number of alkyl halides is 5. The maximum Gasteiger partial charge on any atom is 0.459 e. The second kappa shape index (κ2) is 3.34. The van der Waals surface area contributed by atoms with Crippen LogP contribution in [0.2, 0.25) is 5.02 Å². The van der Waals surface area contributed by atoms with Crippen molar-refractivity contribution < 1.29 is 22.0 Å². The topological polar surface area (TPSA) is 12.9 Å². The Bertz CT molecular complexity index is 335. The molecule has 0 aromatic carbocycles. The van der Waals surface area contributed by atoms with E-state index in [9.17, 15) is 22.0 Å². The molecule has 1 rings (SSSR count). The second-order valence-electron chi connectivity index (χ2n) is 2.43. The summed E-state index contributed by atoms with van der Waals surface area (Å²) in [5, 5.41) is -0.223. The fourth-order valence-corrected chi connectivity index (χ4v) is 0.881. The molecule has 0 fully saturated rings. The van der Waals surface area contributed by atoms with E-state index in [0.717, 1.165) is 12.3 Å². The Kier molecular flexibility index (Phi) is 2.67. The minimum absolute atomic E-state index is 0.223. The molecular formula is C7H3ClF5N. The Morgan fingerprint density at radius 2 is 1.71 bits per heavy atom. The van der Waals surface area contributed by atoms with Crippen molar-refractivity contribution >= 4 is 11.6 Å². The first kappa shape index (κ1) is 11.2. The summed E-state index contributed by atoms with van der Waals surface area (Å²) in [7, 11) is 0. The van der Waals surface area contributed by atoms with Crippen LogP contribution in [0.15, 0.2) is 18.3 Å². The van der Waals surface area contributed by atoms with E-state index in [-0.39, 0.29) is 5.02 Å². The van der Waals surface area contributed by atoms with Gasteiger partial charge in [0, 0.05) is 11.2 Å². The van der Waals surface area contributed by atoms with Crippen LogP contribution in [0.1, 0.15) is 5.69 Å². The van der Waals surface area contributed by atoms with Crippen LogP contribution in [-0.4, -0.2) is 11.2 Å². The Morgan fingerprint density at radius 3 is 2.14 bits per heavy atom. The van der Waals surface area contributed by atoms with Crippen LogP contribution in [0.4, 0.5) is 22.0 Å². The highest BCUT2D eigenvalue weighted by Gasteiger charge is 2.59. The van der Waals surface area contributed by atoms with Gasteiger partial charge in [0.05, 0.1) is 0 Å². The van der Waals surface area contributed by atoms with Gasteiger partial charge in [-0.15, -0.1) is 0 Å². The molecule has 0 N–H and O–H groups in total.